The molecule has 1 atom stereocenters. The van der Waals surface area contributed by atoms with E-state index in [4.69, 9.17) is 9.15 Å². The minimum Gasteiger partial charge on any atom is -0.461 e. The molecule has 3 heteroatoms. The molecule has 2 rings (SSSR count). The molecule has 1 heterocycles. The lowest BCUT2D eigenvalue weighted by atomic mass is 9.91. The first-order chi connectivity index (χ1) is 9.61. The summed E-state index contributed by atoms with van der Waals surface area (Å²) in [6, 6.07) is 1.82. The van der Waals surface area contributed by atoms with Gasteiger partial charge in [0.15, 0.2) is 5.78 Å². The molecule has 0 aromatic carbocycles. The second kappa shape index (κ2) is 6.71. The summed E-state index contributed by atoms with van der Waals surface area (Å²) in [5, 5.41) is 0. The van der Waals surface area contributed by atoms with E-state index in [2.05, 4.69) is 6.58 Å². The van der Waals surface area contributed by atoms with Gasteiger partial charge >= 0.3 is 0 Å². The Morgan fingerprint density at radius 1 is 1.55 bits per heavy atom. The molecular formula is C17H22O3. The molecule has 3 nitrogen and oxygen atoms in total. The number of Topliss-reactive ketones (excluding diaryl/α,β-unsaturated/α-hetero) is 1. The van der Waals surface area contributed by atoms with Crippen molar-refractivity contribution in [2.75, 3.05) is 6.61 Å². The number of hydrogen-bond donors (Lipinski definition) is 0. The lowest BCUT2D eigenvalue weighted by molar-refractivity contribution is 0.0824. The molecule has 1 saturated carbocycles. The number of carbonyl (C=O) groups excluding carboxylic acids is 1. The van der Waals surface area contributed by atoms with Crippen LogP contribution in [0.2, 0.25) is 0 Å². The van der Waals surface area contributed by atoms with Crippen molar-refractivity contribution >= 4 is 11.9 Å². The fraction of sp³-hybridized carbons (Fsp3) is 0.471. The molecule has 0 bridgehead atoms. The van der Waals surface area contributed by atoms with Gasteiger partial charge in [-0.3, -0.25) is 4.79 Å². The summed E-state index contributed by atoms with van der Waals surface area (Å²) in [5.41, 5.74) is 1.91. The van der Waals surface area contributed by atoms with Crippen LogP contribution in [0.15, 0.2) is 28.7 Å². The zero-order chi connectivity index (χ0) is 14.5. The molecule has 0 amide bonds. The third-order valence-electron chi connectivity index (χ3n) is 3.65. The van der Waals surface area contributed by atoms with Crippen molar-refractivity contribution in [1.29, 1.82) is 0 Å². The largest absolute Gasteiger partial charge is 0.461 e. The molecule has 0 N–H and O–H groups in total. The fourth-order valence-corrected chi connectivity index (χ4v) is 2.65. The summed E-state index contributed by atoms with van der Waals surface area (Å²) in [5.74, 6) is 1.47. The summed E-state index contributed by atoms with van der Waals surface area (Å²) in [6.45, 7) is 7.64. The Bertz CT molecular complexity index is 522. The molecule has 1 aliphatic carbocycles. The first-order valence-corrected chi connectivity index (χ1v) is 7.16. The number of carbonyl (C=O) groups is 1. The van der Waals surface area contributed by atoms with Crippen molar-refractivity contribution in [3.05, 3.63) is 41.4 Å². The van der Waals surface area contributed by atoms with Gasteiger partial charge in [-0.05, 0) is 50.8 Å². The van der Waals surface area contributed by atoms with Crippen LogP contribution in [0.3, 0.4) is 0 Å². The molecule has 20 heavy (non-hydrogen) atoms. The Hall–Kier alpha value is -1.61. The van der Waals surface area contributed by atoms with Gasteiger partial charge in [-0.1, -0.05) is 12.5 Å². The molecule has 0 aliphatic heterocycles. The van der Waals surface area contributed by atoms with E-state index >= 15 is 0 Å². The maximum absolute atomic E-state index is 11.5. The second-order valence-electron chi connectivity index (χ2n) is 5.25. The fourth-order valence-electron chi connectivity index (χ4n) is 2.65. The third kappa shape index (κ3) is 3.48. The topological polar surface area (TPSA) is 39.4 Å². The van der Waals surface area contributed by atoms with Crippen LogP contribution in [0.25, 0.3) is 6.08 Å². The van der Waals surface area contributed by atoms with Crippen LogP contribution in [0.4, 0.5) is 0 Å². The molecule has 0 radical (unpaired) electrons. The zero-order valence-corrected chi connectivity index (χ0v) is 12.3. The number of ketones is 1. The molecule has 108 valence electrons. The second-order valence-corrected chi connectivity index (χ2v) is 5.25. The molecule has 1 fully saturated rings. The van der Waals surface area contributed by atoms with E-state index in [9.17, 15) is 4.79 Å². The number of ether oxygens (including phenoxy) is 1. The number of hydrogen-bond acceptors (Lipinski definition) is 3. The van der Waals surface area contributed by atoms with Gasteiger partial charge in [0.1, 0.15) is 11.5 Å². The van der Waals surface area contributed by atoms with E-state index in [1.165, 1.54) is 18.4 Å². The summed E-state index contributed by atoms with van der Waals surface area (Å²) in [7, 11) is 0. The predicted molar refractivity (Wildman–Crippen MR) is 79.8 cm³/mol. The average molecular weight is 274 g/mol. The average Bonchev–Trinajstić information content (AvgIpc) is 2.79. The van der Waals surface area contributed by atoms with Crippen molar-refractivity contribution in [1.82, 2.24) is 0 Å². The van der Waals surface area contributed by atoms with Crippen molar-refractivity contribution in [2.45, 2.75) is 45.6 Å². The van der Waals surface area contributed by atoms with Crippen LogP contribution in [0.1, 0.15) is 54.5 Å². The summed E-state index contributed by atoms with van der Waals surface area (Å²) >= 11 is 0. The van der Waals surface area contributed by atoms with Crippen molar-refractivity contribution in [3.8, 4) is 0 Å². The van der Waals surface area contributed by atoms with E-state index in [0.717, 1.165) is 18.6 Å². The van der Waals surface area contributed by atoms with Crippen LogP contribution in [0.5, 0.6) is 0 Å². The standard InChI is InChI=1S/C17H22O3/c1-4-9-19-17-8-6-5-7-14(17)10-15-11-16(12(2)18)13(3)20-15/h4,10-11,17H,1,5-9H2,2-3H3/b14-10-. The monoisotopic (exact) mass is 274 g/mol. The summed E-state index contributed by atoms with van der Waals surface area (Å²) < 4.78 is 11.5. The Labute approximate surface area is 120 Å². The van der Waals surface area contributed by atoms with Crippen LogP contribution >= 0.6 is 0 Å². The summed E-state index contributed by atoms with van der Waals surface area (Å²) in [4.78, 5) is 11.5. The highest BCUT2D eigenvalue weighted by Gasteiger charge is 2.20. The number of rotatable bonds is 5. The van der Waals surface area contributed by atoms with E-state index < -0.39 is 0 Å². The molecule has 1 unspecified atom stereocenters. The Morgan fingerprint density at radius 3 is 3.00 bits per heavy atom. The van der Waals surface area contributed by atoms with Gasteiger partial charge in [-0.25, -0.2) is 0 Å². The SMILES string of the molecule is C=CCOC1CCCC/C1=C/c1cc(C(C)=O)c(C)o1. The van der Waals surface area contributed by atoms with Crippen LogP contribution < -0.4 is 0 Å². The maximum Gasteiger partial charge on any atom is 0.163 e. The van der Waals surface area contributed by atoms with Crippen molar-refractivity contribution in [3.63, 3.8) is 0 Å². The summed E-state index contributed by atoms with van der Waals surface area (Å²) in [6.07, 6.45) is 8.39. The van der Waals surface area contributed by atoms with E-state index in [0.29, 0.717) is 17.9 Å². The van der Waals surface area contributed by atoms with Crippen LogP contribution in [0, 0.1) is 6.92 Å². The molecule has 0 saturated heterocycles. The molecule has 1 aromatic heterocycles. The van der Waals surface area contributed by atoms with Crippen molar-refractivity contribution < 1.29 is 13.9 Å². The lowest BCUT2D eigenvalue weighted by Gasteiger charge is -2.25. The minimum absolute atomic E-state index is 0.0407. The first-order valence-electron chi connectivity index (χ1n) is 7.16. The van der Waals surface area contributed by atoms with Gasteiger partial charge in [-0.15, -0.1) is 6.58 Å². The third-order valence-corrected chi connectivity index (χ3v) is 3.65. The number of aryl methyl sites for hydroxylation is 1. The molecule has 1 aromatic rings. The van der Waals surface area contributed by atoms with Gasteiger partial charge < -0.3 is 9.15 Å². The van der Waals surface area contributed by atoms with Crippen LogP contribution in [-0.4, -0.2) is 18.5 Å². The predicted octanol–water partition coefficient (Wildman–Crippen LogP) is 4.32. The smallest absolute Gasteiger partial charge is 0.163 e. The highest BCUT2D eigenvalue weighted by atomic mass is 16.5. The van der Waals surface area contributed by atoms with Gasteiger partial charge in [0, 0.05) is 0 Å². The van der Waals surface area contributed by atoms with Gasteiger partial charge in [0.05, 0.1) is 18.3 Å². The zero-order valence-electron chi connectivity index (χ0n) is 12.3. The van der Waals surface area contributed by atoms with Crippen molar-refractivity contribution in [2.24, 2.45) is 0 Å². The van der Waals surface area contributed by atoms with E-state index in [1.807, 2.05) is 19.1 Å². The highest BCUT2D eigenvalue weighted by Crippen LogP contribution is 2.29. The van der Waals surface area contributed by atoms with Gasteiger partial charge in [0.25, 0.3) is 0 Å². The minimum atomic E-state index is 0.0407. The molecule has 0 spiro atoms. The van der Waals surface area contributed by atoms with Gasteiger partial charge in [-0.2, -0.15) is 0 Å². The number of furan rings is 1. The normalized spacial score (nSPS) is 21.1. The van der Waals surface area contributed by atoms with Crippen LogP contribution in [-0.2, 0) is 4.74 Å². The molecular weight excluding hydrogens is 252 g/mol. The van der Waals surface area contributed by atoms with E-state index in [1.54, 1.807) is 13.0 Å². The van der Waals surface area contributed by atoms with E-state index in [-0.39, 0.29) is 11.9 Å². The quantitative estimate of drug-likeness (QED) is 0.593. The molecule has 1 aliphatic rings. The van der Waals surface area contributed by atoms with Gasteiger partial charge in [0.2, 0.25) is 0 Å². The first kappa shape index (κ1) is 14.8. The Morgan fingerprint density at radius 2 is 2.35 bits per heavy atom. The lowest BCUT2D eigenvalue weighted by Crippen LogP contribution is -2.19. The maximum atomic E-state index is 11.5. The highest BCUT2D eigenvalue weighted by molar-refractivity contribution is 5.95. The Kier molecular flexibility index (Phi) is 4.96. The Balaban J connectivity index is 2.20.